The first-order valence-corrected chi connectivity index (χ1v) is 11.6. The molecule has 10 nitrogen and oxygen atoms in total. The molecule has 2 aromatic rings. The van der Waals surface area contributed by atoms with Gasteiger partial charge in [-0.1, -0.05) is 12.1 Å². The van der Waals surface area contributed by atoms with Gasteiger partial charge in [-0.05, 0) is 55.3 Å². The highest BCUT2D eigenvalue weighted by atomic mass is 16.5. The fourth-order valence-corrected chi connectivity index (χ4v) is 4.15. The van der Waals surface area contributed by atoms with Crippen molar-refractivity contribution in [3.8, 4) is 5.75 Å². The number of carbonyl (C=O) groups is 4. The zero-order chi connectivity index (χ0) is 25.7. The predicted molar refractivity (Wildman–Crippen MR) is 129 cm³/mol. The van der Waals surface area contributed by atoms with Crippen LogP contribution in [0, 0.1) is 0 Å². The molecule has 2 heterocycles. The van der Waals surface area contributed by atoms with Crippen molar-refractivity contribution in [3.63, 3.8) is 0 Å². The van der Waals surface area contributed by atoms with Gasteiger partial charge in [0.25, 0.3) is 0 Å². The van der Waals surface area contributed by atoms with Crippen LogP contribution in [0.5, 0.6) is 5.75 Å². The van der Waals surface area contributed by atoms with Crippen molar-refractivity contribution in [2.45, 2.75) is 25.8 Å². The topological polar surface area (TPSA) is 123 Å². The van der Waals surface area contributed by atoms with Crippen LogP contribution in [-0.2, 0) is 19.1 Å². The van der Waals surface area contributed by atoms with Gasteiger partial charge in [-0.15, -0.1) is 0 Å². The van der Waals surface area contributed by atoms with Crippen molar-refractivity contribution >= 4 is 29.6 Å². The lowest BCUT2D eigenvalue weighted by Gasteiger charge is -2.29. The fourth-order valence-electron chi connectivity index (χ4n) is 4.15. The number of hydrogen-bond acceptors (Lipinski definition) is 7. The van der Waals surface area contributed by atoms with Crippen molar-refractivity contribution in [2.75, 3.05) is 31.8 Å². The third-order valence-electron chi connectivity index (χ3n) is 5.93. The molecule has 188 valence electrons. The van der Waals surface area contributed by atoms with Crippen molar-refractivity contribution < 1.29 is 33.4 Å². The number of nitrogens with one attached hydrogen (secondary N) is 2. The number of urea groups is 1. The number of methoxy groups -OCH3 is 1. The van der Waals surface area contributed by atoms with Gasteiger partial charge in [0.05, 0.1) is 36.6 Å². The second kappa shape index (κ2) is 10.9. The molecule has 0 radical (unpaired) electrons. The van der Waals surface area contributed by atoms with Gasteiger partial charge in [-0.2, -0.15) is 0 Å². The number of rotatable bonds is 8. The van der Waals surface area contributed by atoms with E-state index in [1.54, 1.807) is 60.4 Å². The average Bonchev–Trinajstić information content (AvgIpc) is 3.32. The minimum Gasteiger partial charge on any atom is -0.497 e. The molecule has 0 aliphatic carbocycles. The standard InChI is InChI=1S/C26H27N3O7/c1-3-35-25(32)22-20(27-26(33)28-23(22)16-8-12-19(34-2)13-9-16)15-36-24(31)17-6-10-18(11-7-17)29-14-4-5-21(29)30/h6-13,23H,3-5,14-15H2,1-2H3,(H2,27,28,33). The summed E-state index contributed by atoms with van der Waals surface area (Å²) in [7, 11) is 1.54. The first-order valence-electron chi connectivity index (χ1n) is 11.6. The van der Waals surface area contributed by atoms with Crippen molar-refractivity contribution in [3.05, 3.63) is 70.9 Å². The summed E-state index contributed by atoms with van der Waals surface area (Å²) in [6.45, 7) is 2.11. The molecule has 2 N–H and O–H groups in total. The molecule has 10 heteroatoms. The molecule has 0 aromatic heterocycles. The smallest absolute Gasteiger partial charge is 0.338 e. The lowest BCUT2D eigenvalue weighted by Crippen LogP contribution is -2.47. The van der Waals surface area contributed by atoms with Gasteiger partial charge in [0.2, 0.25) is 5.91 Å². The van der Waals surface area contributed by atoms with Crippen LogP contribution in [0.2, 0.25) is 0 Å². The van der Waals surface area contributed by atoms with Crippen LogP contribution >= 0.6 is 0 Å². The van der Waals surface area contributed by atoms with E-state index in [0.29, 0.717) is 30.0 Å². The molecular weight excluding hydrogens is 466 g/mol. The van der Waals surface area contributed by atoms with Crippen molar-refractivity contribution in [1.29, 1.82) is 0 Å². The van der Waals surface area contributed by atoms with E-state index in [1.807, 2.05) is 0 Å². The number of hydrogen-bond donors (Lipinski definition) is 2. The molecule has 0 bridgehead atoms. The lowest BCUT2D eigenvalue weighted by molar-refractivity contribution is -0.139. The number of esters is 2. The zero-order valence-electron chi connectivity index (χ0n) is 20.0. The third kappa shape index (κ3) is 5.32. The first kappa shape index (κ1) is 24.8. The van der Waals surface area contributed by atoms with Crippen LogP contribution in [0.25, 0.3) is 0 Å². The molecule has 0 saturated carbocycles. The Balaban J connectivity index is 1.54. The molecule has 2 aliphatic rings. The maximum atomic E-state index is 12.9. The summed E-state index contributed by atoms with van der Waals surface area (Å²) in [5.41, 5.74) is 1.89. The number of ether oxygens (including phenoxy) is 3. The summed E-state index contributed by atoms with van der Waals surface area (Å²) >= 11 is 0. The zero-order valence-corrected chi connectivity index (χ0v) is 20.0. The third-order valence-corrected chi connectivity index (χ3v) is 5.93. The second-order valence-electron chi connectivity index (χ2n) is 8.19. The summed E-state index contributed by atoms with van der Waals surface area (Å²) in [5.74, 6) is -0.609. The van der Waals surface area contributed by atoms with E-state index < -0.39 is 24.0 Å². The lowest BCUT2D eigenvalue weighted by atomic mass is 9.95. The number of benzene rings is 2. The number of anilines is 1. The Bertz CT molecular complexity index is 1190. The van der Waals surface area contributed by atoms with Crippen molar-refractivity contribution in [1.82, 2.24) is 10.6 Å². The molecule has 1 saturated heterocycles. The van der Waals surface area contributed by atoms with Crippen LogP contribution in [0.4, 0.5) is 10.5 Å². The molecule has 0 spiro atoms. The Morgan fingerprint density at radius 1 is 1.00 bits per heavy atom. The monoisotopic (exact) mass is 493 g/mol. The molecular formula is C26H27N3O7. The van der Waals surface area contributed by atoms with E-state index in [9.17, 15) is 19.2 Å². The summed E-state index contributed by atoms with van der Waals surface area (Å²) in [4.78, 5) is 51.6. The van der Waals surface area contributed by atoms with Crippen LogP contribution in [0.1, 0.15) is 41.7 Å². The van der Waals surface area contributed by atoms with Crippen molar-refractivity contribution in [2.24, 2.45) is 0 Å². The minimum absolute atomic E-state index is 0.0526. The molecule has 4 rings (SSSR count). The predicted octanol–water partition coefficient (Wildman–Crippen LogP) is 2.85. The fraction of sp³-hybridized carbons (Fsp3) is 0.308. The maximum absolute atomic E-state index is 12.9. The second-order valence-corrected chi connectivity index (χ2v) is 8.19. The quantitative estimate of drug-likeness (QED) is 0.542. The van der Waals surface area contributed by atoms with Gasteiger partial charge < -0.3 is 29.7 Å². The van der Waals surface area contributed by atoms with Crippen LogP contribution < -0.4 is 20.3 Å². The van der Waals surface area contributed by atoms with E-state index in [0.717, 1.165) is 6.42 Å². The maximum Gasteiger partial charge on any atom is 0.338 e. The molecule has 2 aromatic carbocycles. The highest BCUT2D eigenvalue weighted by Gasteiger charge is 2.34. The molecule has 1 atom stereocenters. The highest BCUT2D eigenvalue weighted by Crippen LogP contribution is 2.29. The van der Waals surface area contributed by atoms with E-state index in [-0.39, 0.29) is 36.0 Å². The van der Waals surface area contributed by atoms with Gasteiger partial charge in [0.15, 0.2) is 0 Å². The van der Waals surface area contributed by atoms with Crippen LogP contribution in [0.15, 0.2) is 59.8 Å². The largest absolute Gasteiger partial charge is 0.497 e. The SMILES string of the molecule is CCOC(=O)C1=C(COC(=O)c2ccc(N3CCCC3=O)cc2)NC(=O)NC1c1ccc(OC)cc1. The summed E-state index contributed by atoms with van der Waals surface area (Å²) in [6.07, 6.45) is 1.32. The van der Waals surface area contributed by atoms with E-state index >= 15 is 0 Å². The average molecular weight is 494 g/mol. The molecule has 2 aliphatic heterocycles. The molecule has 36 heavy (non-hydrogen) atoms. The van der Waals surface area contributed by atoms with E-state index in [1.165, 1.54) is 7.11 Å². The van der Waals surface area contributed by atoms with Crippen LogP contribution in [-0.4, -0.2) is 50.7 Å². The first-order chi connectivity index (χ1) is 17.4. The van der Waals surface area contributed by atoms with Crippen LogP contribution in [0.3, 0.4) is 0 Å². The minimum atomic E-state index is -0.810. The summed E-state index contributed by atoms with van der Waals surface area (Å²) in [6, 6.07) is 12.1. The molecule has 3 amide bonds. The number of amides is 3. The Labute approximate surface area is 208 Å². The summed E-state index contributed by atoms with van der Waals surface area (Å²) < 4.78 is 15.8. The number of nitrogens with zero attached hydrogens (tertiary/aromatic N) is 1. The summed E-state index contributed by atoms with van der Waals surface area (Å²) in [5, 5.41) is 5.29. The normalized spacial score (nSPS) is 17.4. The molecule has 1 unspecified atom stereocenters. The van der Waals surface area contributed by atoms with E-state index in [4.69, 9.17) is 14.2 Å². The van der Waals surface area contributed by atoms with E-state index in [2.05, 4.69) is 10.6 Å². The molecule has 1 fully saturated rings. The number of carbonyl (C=O) groups excluding carboxylic acids is 4. The van der Waals surface area contributed by atoms with Gasteiger partial charge >= 0.3 is 18.0 Å². The Kier molecular flexibility index (Phi) is 7.53. The Morgan fingerprint density at radius 3 is 2.33 bits per heavy atom. The van der Waals surface area contributed by atoms with Gasteiger partial charge in [0.1, 0.15) is 12.4 Å². The van der Waals surface area contributed by atoms with Gasteiger partial charge in [-0.3, -0.25) is 4.79 Å². The Morgan fingerprint density at radius 2 is 1.72 bits per heavy atom. The highest BCUT2D eigenvalue weighted by molar-refractivity contribution is 5.97. The Hall–Kier alpha value is -4.34. The van der Waals surface area contributed by atoms with Gasteiger partial charge in [0, 0.05) is 18.7 Å². The van der Waals surface area contributed by atoms with Gasteiger partial charge in [-0.25, -0.2) is 14.4 Å².